The number of halogens is 1. The number of rotatable bonds is 5. The molecule has 4 nitrogen and oxygen atoms in total. The quantitative estimate of drug-likeness (QED) is 0.898. The van der Waals surface area contributed by atoms with Crippen molar-refractivity contribution in [2.75, 3.05) is 18.0 Å². The molecule has 0 radical (unpaired) electrons. The molecule has 2 heterocycles. The molecule has 1 aliphatic rings. The normalized spacial score (nSPS) is 15.6. The van der Waals surface area contributed by atoms with Crippen LogP contribution in [0.15, 0.2) is 35.8 Å². The molecule has 122 valence electrons. The number of nitrogens with one attached hydrogen (secondary N) is 1. The number of thiazole rings is 1. The van der Waals surface area contributed by atoms with Gasteiger partial charge in [0.25, 0.3) is 0 Å². The Hall–Kier alpha value is -1.59. The highest BCUT2D eigenvalue weighted by Gasteiger charge is 2.21. The van der Waals surface area contributed by atoms with E-state index in [1.807, 2.05) is 35.8 Å². The average molecular weight is 350 g/mol. The van der Waals surface area contributed by atoms with Crippen LogP contribution in [0.25, 0.3) is 0 Å². The van der Waals surface area contributed by atoms with Gasteiger partial charge in [0, 0.05) is 42.2 Å². The zero-order chi connectivity index (χ0) is 16.1. The monoisotopic (exact) mass is 349 g/mol. The van der Waals surface area contributed by atoms with Gasteiger partial charge in [0.05, 0.1) is 0 Å². The van der Waals surface area contributed by atoms with Crippen molar-refractivity contribution in [2.45, 2.75) is 31.7 Å². The third kappa shape index (κ3) is 4.69. The van der Waals surface area contributed by atoms with E-state index >= 15 is 0 Å². The highest BCUT2D eigenvalue weighted by atomic mass is 35.5. The van der Waals surface area contributed by atoms with Crippen molar-refractivity contribution in [3.05, 3.63) is 46.4 Å². The van der Waals surface area contributed by atoms with Crippen LogP contribution in [0, 0.1) is 0 Å². The molecule has 1 N–H and O–H groups in total. The molecular weight excluding hydrogens is 330 g/mol. The molecular formula is C17H20ClN3OS. The summed E-state index contributed by atoms with van der Waals surface area (Å²) in [7, 11) is 0. The van der Waals surface area contributed by atoms with Crippen molar-refractivity contribution >= 4 is 34.0 Å². The molecule has 0 unspecified atom stereocenters. The van der Waals surface area contributed by atoms with Crippen LogP contribution in [-0.2, 0) is 11.2 Å². The summed E-state index contributed by atoms with van der Waals surface area (Å²) in [6, 6.07) is 7.97. The minimum absolute atomic E-state index is 0.123. The van der Waals surface area contributed by atoms with Crippen molar-refractivity contribution in [1.29, 1.82) is 0 Å². The van der Waals surface area contributed by atoms with E-state index in [-0.39, 0.29) is 11.9 Å². The second kappa shape index (κ2) is 7.79. The number of anilines is 1. The Kier molecular flexibility index (Phi) is 5.51. The molecule has 0 saturated carbocycles. The summed E-state index contributed by atoms with van der Waals surface area (Å²) < 4.78 is 0. The zero-order valence-electron chi connectivity index (χ0n) is 12.9. The van der Waals surface area contributed by atoms with Gasteiger partial charge in [0.15, 0.2) is 5.13 Å². The first-order valence-corrected chi connectivity index (χ1v) is 9.15. The topological polar surface area (TPSA) is 45.2 Å². The maximum absolute atomic E-state index is 12.1. The number of nitrogens with zero attached hydrogens (tertiary/aromatic N) is 2. The first-order chi connectivity index (χ1) is 11.2. The third-order valence-corrected chi connectivity index (χ3v) is 5.15. The summed E-state index contributed by atoms with van der Waals surface area (Å²) >= 11 is 7.63. The summed E-state index contributed by atoms with van der Waals surface area (Å²) in [4.78, 5) is 18.7. The molecule has 1 aliphatic heterocycles. The molecule has 1 saturated heterocycles. The lowest BCUT2D eigenvalue weighted by molar-refractivity contribution is -0.121. The van der Waals surface area contributed by atoms with E-state index in [4.69, 9.17) is 11.6 Å². The van der Waals surface area contributed by atoms with Crippen LogP contribution in [0.2, 0.25) is 5.02 Å². The van der Waals surface area contributed by atoms with Crippen LogP contribution in [0.5, 0.6) is 0 Å². The molecule has 0 spiro atoms. The largest absolute Gasteiger partial charge is 0.353 e. The van der Waals surface area contributed by atoms with Gasteiger partial charge in [0.1, 0.15) is 0 Å². The van der Waals surface area contributed by atoms with Gasteiger partial charge in [-0.1, -0.05) is 23.7 Å². The SMILES string of the molecule is O=C(CCc1cccc(Cl)c1)NC1CCN(c2nccs2)CC1. The van der Waals surface area contributed by atoms with Gasteiger partial charge in [-0.05, 0) is 37.0 Å². The Morgan fingerprint density at radius 2 is 2.22 bits per heavy atom. The maximum Gasteiger partial charge on any atom is 0.220 e. The van der Waals surface area contributed by atoms with Crippen molar-refractivity contribution in [1.82, 2.24) is 10.3 Å². The number of carbonyl (C=O) groups is 1. The first kappa shape index (κ1) is 16.3. The molecule has 0 bridgehead atoms. The number of hydrogen-bond donors (Lipinski definition) is 1. The smallest absolute Gasteiger partial charge is 0.220 e. The first-order valence-electron chi connectivity index (χ1n) is 7.89. The lowest BCUT2D eigenvalue weighted by Crippen LogP contribution is -2.44. The summed E-state index contributed by atoms with van der Waals surface area (Å²) in [5.41, 5.74) is 1.10. The minimum Gasteiger partial charge on any atom is -0.353 e. The van der Waals surface area contributed by atoms with Gasteiger partial charge in [-0.15, -0.1) is 11.3 Å². The summed E-state index contributed by atoms with van der Waals surface area (Å²) in [5.74, 6) is 0.123. The molecule has 2 aromatic rings. The Bertz CT molecular complexity index is 639. The minimum atomic E-state index is 0.123. The van der Waals surface area contributed by atoms with Crippen molar-refractivity contribution in [3.63, 3.8) is 0 Å². The lowest BCUT2D eigenvalue weighted by atomic mass is 10.0. The maximum atomic E-state index is 12.1. The second-order valence-corrected chi connectivity index (χ2v) is 7.08. The Morgan fingerprint density at radius 3 is 2.91 bits per heavy atom. The predicted molar refractivity (Wildman–Crippen MR) is 95.3 cm³/mol. The van der Waals surface area contributed by atoms with Gasteiger partial charge in [-0.25, -0.2) is 4.98 Å². The number of hydrogen-bond acceptors (Lipinski definition) is 4. The van der Waals surface area contributed by atoms with Crippen molar-refractivity contribution in [3.8, 4) is 0 Å². The molecule has 23 heavy (non-hydrogen) atoms. The summed E-state index contributed by atoms with van der Waals surface area (Å²) in [6.45, 7) is 1.90. The van der Waals surface area contributed by atoms with Gasteiger partial charge >= 0.3 is 0 Å². The molecule has 1 fully saturated rings. The Morgan fingerprint density at radius 1 is 1.39 bits per heavy atom. The molecule has 1 amide bonds. The van der Waals surface area contributed by atoms with Gasteiger partial charge in [0.2, 0.25) is 5.91 Å². The van der Waals surface area contributed by atoms with Crippen molar-refractivity contribution < 1.29 is 4.79 Å². The second-order valence-electron chi connectivity index (χ2n) is 5.77. The van der Waals surface area contributed by atoms with Crippen LogP contribution >= 0.6 is 22.9 Å². The van der Waals surface area contributed by atoms with E-state index in [2.05, 4.69) is 15.2 Å². The van der Waals surface area contributed by atoms with Gasteiger partial charge in [-0.3, -0.25) is 4.79 Å². The number of piperidine rings is 1. The number of aryl methyl sites for hydroxylation is 1. The van der Waals surface area contributed by atoms with E-state index < -0.39 is 0 Å². The fourth-order valence-electron chi connectivity index (χ4n) is 2.84. The summed E-state index contributed by atoms with van der Waals surface area (Å²) in [5, 5.41) is 6.95. The molecule has 0 aliphatic carbocycles. The van der Waals surface area contributed by atoms with Crippen molar-refractivity contribution in [2.24, 2.45) is 0 Å². The van der Waals surface area contributed by atoms with E-state index in [1.165, 1.54) is 0 Å². The van der Waals surface area contributed by atoms with E-state index in [0.29, 0.717) is 6.42 Å². The molecule has 6 heteroatoms. The molecule has 0 atom stereocenters. The van der Waals surface area contributed by atoms with Crippen LogP contribution < -0.4 is 10.2 Å². The molecule has 1 aromatic carbocycles. The van der Waals surface area contributed by atoms with Crippen LogP contribution in [0.1, 0.15) is 24.8 Å². The third-order valence-electron chi connectivity index (χ3n) is 4.08. The van der Waals surface area contributed by atoms with Crippen LogP contribution in [0.4, 0.5) is 5.13 Å². The van der Waals surface area contributed by atoms with E-state index in [1.54, 1.807) is 11.3 Å². The van der Waals surface area contributed by atoms with Gasteiger partial charge in [-0.2, -0.15) is 0 Å². The lowest BCUT2D eigenvalue weighted by Gasteiger charge is -2.32. The fourth-order valence-corrected chi connectivity index (χ4v) is 3.75. The van der Waals surface area contributed by atoms with Crippen LogP contribution in [0.3, 0.4) is 0 Å². The molecule has 1 aromatic heterocycles. The predicted octanol–water partition coefficient (Wildman–Crippen LogP) is 3.51. The average Bonchev–Trinajstić information content (AvgIpc) is 3.08. The number of benzene rings is 1. The number of aromatic nitrogens is 1. The number of carbonyl (C=O) groups excluding carboxylic acids is 1. The van der Waals surface area contributed by atoms with E-state index in [0.717, 1.165) is 48.1 Å². The zero-order valence-corrected chi connectivity index (χ0v) is 14.4. The standard InChI is InChI=1S/C17H20ClN3OS/c18-14-3-1-2-13(12-14)4-5-16(22)20-15-6-9-21(10-7-15)17-19-8-11-23-17/h1-3,8,11-12,15H,4-7,9-10H2,(H,20,22). The van der Waals surface area contributed by atoms with Crippen LogP contribution in [-0.4, -0.2) is 30.0 Å². The Labute approximate surface area is 145 Å². The van der Waals surface area contributed by atoms with E-state index in [9.17, 15) is 4.79 Å². The highest BCUT2D eigenvalue weighted by molar-refractivity contribution is 7.13. The molecule has 3 rings (SSSR count). The number of amides is 1. The summed E-state index contributed by atoms with van der Waals surface area (Å²) in [6.07, 6.45) is 5.02. The van der Waals surface area contributed by atoms with Gasteiger partial charge < -0.3 is 10.2 Å². The highest BCUT2D eigenvalue weighted by Crippen LogP contribution is 2.22. The Balaban J connectivity index is 1.41. The fraction of sp³-hybridized carbons (Fsp3) is 0.412.